The number of hydrogen-bond donors (Lipinski definition) is 3. The van der Waals surface area contributed by atoms with Crippen molar-refractivity contribution in [3.63, 3.8) is 0 Å². The lowest BCUT2D eigenvalue weighted by atomic mass is 9.93. The first kappa shape index (κ1) is 16.4. The van der Waals surface area contributed by atoms with Gasteiger partial charge in [0.15, 0.2) is 5.82 Å². The van der Waals surface area contributed by atoms with E-state index in [0.717, 1.165) is 30.5 Å². The molecular weight excluding hydrogens is 310 g/mol. The van der Waals surface area contributed by atoms with Crippen LogP contribution in [0.1, 0.15) is 48.9 Å². The molecule has 2 aromatic rings. The SMILES string of the molecule is C[C@@H](NC(=O)N[C@H]1CCCc2c1cnn2CCO)c1nncn1C. The minimum absolute atomic E-state index is 0.0575. The topological polar surface area (TPSA) is 110 Å². The van der Waals surface area contributed by atoms with Gasteiger partial charge in [-0.25, -0.2) is 4.79 Å². The van der Waals surface area contributed by atoms with Crippen molar-refractivity contribution < 1.29 is 9.90 Å². The van der Waals surface area contributed by atoms with Crippen LogP contribution in [0.15, 0.2) is 12.5 Å². The molecule has 130 valence electrons. The number of aliphatic hydroxyl groups is 1. The van der Waals surface area contributed by atoms with Crippen LogP contribution in [-0.2, 0) is 20.0 Å². The predicted octanol–water partition coefficient (Wildman–Crippen LogP) is 0.442. The Morgan fingerprint density at radius 2 is 2.38 bits per heavy atom. The maximum absolute atomic E-state index is 12.3. The van der Waals surface area contributed by atoms with Crippen LogP contribution in [0.5, 0.6) is 0 Å². The fraction of sp³-hybridized carbons (Fsp3) is 0.600. The molecular formula is C15H23N7O2. The summed E-state index contributed by atoms with van der Waals surface area (Å²) < 4.78 is 3.60. The van der Waals surface area contributed by atoms with Crippen LogP contribution in [0, 0.1) is 0 Å². The van der Waals surface area contributed by atoms with Crippen molar-refractivity contribution in [1.82, 2.24) is 35.2 Å². The quantitative estimate of drug-likeness (QED) is 0.735. The van der Waals surface area contributed by atoms with Gasteiger partial charge in [0.1, 0.15) is 6.33 Å². The molecule has 1 aliphatic carbocycles. The van der Waals surface area contributed by atoms with Gasteiger partial charge in [-0.3, -0.25) is 4.68 Å². The van der Waals surface area contributed by atoms with Gasteiger partial charge in [-0.05, 0) is 26.2 Å². The smallest absolute Gasteiger partial charge is 0.315 e. The van der Waals surface area contributed by atoms with Gasteiger partial charge in [0.25, 0.3) is 0 Å². The summed E-state index contributed by atoms with van der Waals surface area (Å²) in [5.41, 5.74) is 2.14. The van der Waals surface area contributed by atoms with Crippen LogP contribution in [0.3, 0.4) is 0 Å². The van der Waals surface area contributed by atoms with Crippen LogP contribution in [-0.4, -0.2) is 42.3 Å². The summed E-state index contributed by atoms with van der Waals surface area (Å²) >= 11 is 0. The largest absolute Gasteiger partial charge is 0.394 e. The average molecular weight is 333 g/mol. The summed E-state index contributed by atoms with van der Waals surface area (Å²) in [6, 6.07) is -0.538. The van der Waals surface area contributed by atoms with E-state index < -0.39 is 0 Å². The highest BCUT2D eigenvalue weighted by molar-refractivity contribution is 5.75. The van der Waals surface area contributed by atoms with E-state index in [1.54, 1.807) is 17.1 Å². The number of carbonyl (C=O) groups is 1. The molecule has 9 heteroatoms. The third kappa shape index (κ3) is 3.25. The summed E-state index contributed by atoms with van der Waals surface area (Å²) in [5, 5.41) is 27.2. The summed E-state index contributed by atoms with van der Waals surface area (Å²) in [6.07, 6.45) is 6.18. The standard InChI is InChI=1S/C15H23N7O2/c1-10(14-20-16-9-21(14)2)18-15(24)19-12-4-3-5-13-11(12)8-17-22(13)6-7-23/h8-10,12,23H,3-7H2,1-2H3,(H2,18,19,24)/t10-,12+/m1/s1. The summed E-state index contributed by atoms with van der Waals surface area (Å²) in [4.78, 5) is 12.3. The molecule has 3 rings (SSSR count). The average Bonchev–Trinajstić information content (AvgIpc) is 3.15. The van der Waals surface area contributed by atoms with Gasteiger partial charge >= 0.3 is 6.03 Å². The lowest BCUT2D eigenvalue weighted by Crippen LogP contribution is -2.40. The van der Waals surface area contributed by atoms with Crippen LogP contribution >= 0.6 is 0 Å². The summed E-state index contributed by atoms with van der Waals surface area (Å²) in [7, 11) is 1.84. The molecule has 0 spiro atoms. The van der Waals surface area contributed by atoms with E-state index in [2.05, 4.69) is 25.9 Å². The Morgan fingerprint density at radius 3 is 3.08 bits per heavy atom. The second-order valence-corrected chi connectivity index (χ2v) is 6.08. The molecule has 0 unspecified atom stereocenters. The van der Waals surface area contributed by atoms with Gasteiger partial charge in [0, 0.05) is 18.3 Å². The van der Waals surface area contributed by atoms with Crippen molar-refractivity contribution in [2.75, 3.05) is 6.61 Å². The molecule has 0 saturated heterocycles. The molecule has 0 aliphatic heterocycles. The molecule has 2 atom stereocenters. The molecule has 9 nitrogen and oxygen atoms in total. The molecule has 0 fully saturated rings. The van der Waals surface area contributed by atoms with Gasteiger partial charge in [0.2, 0.25) is 0 Å². The van der Waals surface area contributed by atoms with E-state index >= 15 is 0 Å². The van der Waals surface area contributed by atoms with Gasteiger partial charge in [-0.15, -0.1) is 10.2 Å². The highest BCUT2D eigenvalue weighted by Crippen LogP contribution is 2.29. The highest BCUT2D eigenvalue weighted by atomic mass is 16.3. The maximum atomic E-state index is 12.3. The summed E-state index contributed by atoms with van der Waals surface area (Å²) in [6.45, 7) is 2.41. The zero-order valence-electron chi connectivity index (χ0n) is 13.9. The Morgan fingerprint density at radius 1 is 1.54 bits per heavy atom. The lowest BCUT2D eigenvalue weighted by Gasteiger charge is -2.25. The van der Waals surface area contributed by atoms with Gasteiger partial charge < -0.3 is 20.3 Å². The molecule has 0 aromatic carbocycles. The Bertz CT molecular complexity index is 708. The number of aryl methyl sites for hydroxylation is 1. The molecule has 2 amide bonds. The van der Waals surface area contributed by atoms with Crippen LogP contribution in [0.2, 0.25) is 0 Å². The number of nitrogens with one attached hydrogen (secondary N) is 2. The number of fused-ring (bicyclic) bond motifs is 1. The van der Waals surface area contributed by atoms with Crippen LogP contribution < -0.4 is 10.6 Å². The van der Waals surface area contributed by atoms with E-state index in [1.807, 2.05) is 18.7 Å². The van der Waals surface area contributed by atoms with Gasteiger partial charge in [-0.2, -0.15) is 5.10 Å². The number of nitrogens with zero attached hydrogens (tertiary/aromatic N) is 5. The van der Waals surface area contributed by atoms with E-state index in [4.69, 9.17) is 5.11 Å². The van der Waals surface area contributed by atoms with Gasteiger partial charge in [0.05, 0.1) is 31.4 Å². The third-order valence-electron chi connectivity index (χ3n) is 4.36. The highest BCUT2D eigenvalue weighted by Gasteiger charge is 2.26. The van der Waals surface area contributed by atoms with Crippen LogP contribution in [0.4, 0.5) is 4.79 Å². The first-order valence-corrected chi connectivity index (χ1v) is 8.16. The zero-order chi connectivity index (χ0) is 17.1. The second kappa shape index (κ2) is 7.00. The number of hydrogen-bond acceptors (Lipinski definition) is 5. The first-order valence-electron chi connectivity index (χ1n) is 8.16. The maximum Gasteiger partial charge on any atom is 0.315 e. The molecule has 1 aliphatic rings. The first-order chi connectivity index (χ1) is 11.6. The Hall–Kier alpha value is -2.42. The van der Waals surface area contributed by atoms with E-state index in [9.17, 15) is 4.79 Å². The number of rotatable bonds is 5. The van der Waals surface area contributed by atoms with Crippen molar-refractivity contribution in [2.24, 2.45) is 7.05 Å². The Kier molecular flexibility index (Phi) is 4.79. The molecule has 24 heavy (non-hydrogen) atoms. The Balaban J connectivity index is 1.65. The fourth-order valence-corrected chi connectivity index (χ4v) is 3.20. The number of aromatic nitrogens is 5. The number of aliphatic hydroxyl groups excluding tert-OH is 1. The summed E-state index contributed by atoms with van der Waals surface area (Å²) in [5.74, 6) is 0.699. The Labute approximate surface area is 140 Å². The van der Waals surface area contributed by atoms with Crippen molar-refractivity contribution in [1.29, 1.82) is 0 Å². The zero-order valence-corrected chi connectivity index (χ0v) is 13.9. The number of amides is 2. The minimum Gasteiger partial charge on any atom is -0.394 e. The van der Waals surface area contributed by atoms with Crippen molar-refractivity contribution in [2.45, 2.75) is 44.8 Å². The van der Waals surface area contributed by atoms with Gasteiger partial charge in [-0.1, -0.05) is 0 Å². The second-order valence-electron chi connectivity index (χ2n) is 6.08. The molecule has 0 saturated carbocycles. The van der Waals surface area contributed by atoms with Crippen LogP contribution in [0.25, 0.3) is 0 Å². The fourth-order valence-electron chi connectivity index (χ4n) is 3.20. The van der Waals surface area contributed by atoms with E-state index in [-0.39, 0.29) is 24.7 Å². The predicted molar refractivity (Wildman–Crippen MR) is 86.1 cm³/mol. The van der Waals surface area contributed by atoms with Crippen molar-refractivity contribution in [3.8, 4) is 0 Å². The molecule has 2 heterocycles. The molecule has 2 aromatic heterocycles. The van der Waals surface area contributed by atoms with Crippen molar-refractivity contribution in [3.05, 3.63) is 29.6 Å². The molecule has 0 bridgehead atoms. The normalized spacial score (nSPS) is 18.0. The van der Waals surface area contributed by atoms with E-state index in [0.29, 0.717) is 12.4 Å². The third-order valence-corrected chi connectivity index (χ3v) is 4.36. The monoisotopic (exact) mass is 333 g/mol. The van der Waals surface area contributed by atoms with Crippen molar-refractivity contribution >= 4 is 6.03 Å². The molecule has 3 N–H and O–H groups in total. The minimum atomic E-state index is -0.238. The van der Waals surface area contributed by atoms with E-state index in [1.165, 1.54) is 0 Å². The molecule has 0 radical (unpaired) electrons. The number of carbonyl (C=O) groups excluding carboxylic acids is 1. The lowest BCUT2D eigenvalue weighted by molar-refractivity contribution is 0.231. The number of urea groups is 1.